The second-order valence-corrected chi connectivity index (χ2v) is 3.67. The Bertz CT molecular complexity index is 395. The molecule has 0 aliphatic rings. The van der Waals surface area contributed by atoms with Gasteiger partial charge in [-0.3, -0.25) is 4.79 Å². The molecule has 0 aliphatic heterocycles. The molecule has 0 saturated heterocycles. The number of nitrogens with two attached hydrogens (primary N) is 1. The third-order valence-electron chi connectivity index (χ3n) is 1.41. The molecule has 0 amide bonds. The van der Waals surface area contributed by atoms with Crippen LogP contribution in [0.2, 0.25) is 0 Å². The minimum Gasteiger partial charge on any atom is -0.383 e. The molecule has 0 bridgehead atoms. The van der Waals surface area contributed by atoms with E-state index in [1.165, 1.54) is 17.8 Å². The van der Waals surface area contributed by atoms with Crippen LogP contribution in [0.1, 0.15) is 12.8 Å². The van der Waals surface area contributed by atoms with E-state index in [0.29, 0.717) is 11.6 Å². The smallest absolute Gasteiger partial charge is 0.253 e. The minimum absolute atomic E-state index is 0.219. The predicted molar refractivity (Wildman–Crippen MR) is 54.8 cm³/mol. The van der Waals surface area contributed by atoms with Crippen LogP contribution in [-0.2, 0) is 0 Å². The molecule has 1 rings (SSSR count). The van der Waals surface area contributed by atoms with Crippen molar-refractivity contribution in [3.8, 4) is 6.07 Å². The Kier molecular flexibility index (Phi) is 4.01. The second kappa shape index (κ2) is 5.29. The summed E-state index contributed by atoms with van der Waals surface area (Å²) in [6.07, 6.45) is 1.29. The molecule has 0 aliphatic carbocycles. The molecule has 0 spiro atoms. The topological polar surface area (TPSA) is 95.6 Å². The van der Waals surface area contributed by atoms with Crippen molar-refractivity contribution in [3.05, 3.63) is 16.4 Å². The van der Waals surface area contributed by atoms with E-state index in [0.717, 1.165) is 12.2 Å². The molecule has 1 aromatic heterocycles. The van der Waals surface area contributed by atoms with Gasteiger partial charge >= 0.3 is 0 Å². The normalized spacial score (nSPS) is 9.64. The Balaban J connectivity index is 2.51. The van der Waals surface area contributed by atoms with Gasteiger partial charge < -0.3 is 10.7 Å². The van der Waals surface area contributed by atoms with Gasteiger partial charge in [-0.05, 0) is 6.42 Å². The van der Waals surface area contributed by atoms with Crippen LogP contribution in [0.4, 0.5) is 5.82 Å². The van der Waals surface area contributed by atoms with Gasteiger partial charge in [-0.1, -0.05) is 11.8 Å². The number of nitrogens with one attached hydrogen (secondary N) is 1. The number of thioether (sulfide) groups is 1. The van der Waals surface area contributed by atoms with Crippen molar-refractivity contribution in [3.63, 3.8) is 0 Å². The van der Waals surface area contributed by atoms with Gasteiger partial charge in [0.1, 0.15) is 5.82 Å². The Morgan fingerprint density at radius 2 is 2.50 bits per heavy atom. The van der Waals surface area contributed by atoms with E-state index in [4.69, 9.17) is 11.0 Å². The van der Waals surface area contributed by atoms with Gasteiger partial charge in [0.05, 0.1) is 6.07 Å². The summed E-state index contributed by atoms with van der Waals surface area (Å²) >= 11 is 1.39. The molecular weight excluding hydrogens is 200 g/mol. The number of nitriles is 1. The van der Waals surface area contributed by atoms with Gasteiger partial charge in [-0.2, -0.15) is 5.26 Å². The molecule has 1 aromatic rings. The number of anilines is 1. The van der Waals surface area contributed by atoms with Crippen molar-refractivity contribution in [2.45, 2.75) is 18.0 Å². The van der Waals surface area contributed by atoms with E-state index in [9.17, 15) is 4.79 Å². The molecule has 3 N–H and O–H groups in total. The van der Waals surface area contributed by atoms with E-state index in [1.807, 2.05) is 6.07 Å². The molecular formula is C8H10N4OS. The fourth-order valence-electron chi connectivity index (χ4n) is 0.842. The van der Waals surface area contributed by atoms with E-state index in [-0.39, 0.29) is 11.4 Å². The number of unbranched alkanes of at least 4 members (excludes halogenated alkanes) is 1. The lowest BCUT2D eigenvalue weighted by molar-refractivity contribution is 0.930. The zero-order valence-corrected chi connectivity index (χ0v) is 8.30. The van der Waals surface area contributed by atoms with Crippen LogP contribution in [0.25, 0.3) is 0 Å². The minimum atomic E-state index is -0.250. The van der Waals surface area contributed by atoms with Crippen LogP contribution in [0, 0.1) is 11.3 Å². The van der Waals surface area contributed by atoms with Gasteiger partial charge in [0.2, 0.25) is 0 Å². The highest BCUT2D eigenvalue weighted by Gasteiger charge is 1.98. The summed E-state index contributed by atoms with van der Waals surface area (Å²) in [6.45, 7) is 0. The number of H-pyrrole nitrogens is 1. The summed E-state index contributed by atoms with van der Waals surface area (Å²) < 4.78 is 0. The Morgan fingerprint density at radius 1 is 1.71 bits per heavy atom. The highest BCUT2D eigenvalue weighted by molar-refractivity contribution is 7.99. The van der Waals surface area contributed by atoms with E-state index in [2.05, 4.69) is 9.97 Å². The van der Waals surface area contributed by atoms with Gasteiger partial charge in [-0.25, -0.2) is 4.98 Å². The number of hydrogen-bond donors (Lipinski definition) is 2. The maximum Gasteiger partial charge on any atom is 0.253 e. The third kappa shape index (κ3) is 3.49. The van der Waals surface area contributed by atoms with Crippen LogP contribution in [-0.4, -0.2) is 15.7 Å². The summed E-state index contributed by atoms with van der Waals surface area (Å²) in [5.74, 6) is 0.969. The molecule has 5 nitrogen and oxygen atoms in total. The van der Waals surface area contributed by atoms with Crippen molar-refractivity contribution >= 4 is 17.6 Å². The van der Waals surface area contributed by atoms with E-state index >= 15 is 0 Å². The fraction of sp³-hybridized carbons (Fsp3) is 0.375. The lowest BCUT2D eigenvalue weighted by Gasteiger charge is -1.99. The van der Waals surface area contributed by atoms with Crippen molar-refractivity contribution in [1.29, 1.82) is 5.26 Å². The second-order valence-electron chi connectivity index (χ2n) is 2.59. The lowest BCUT2D eigenvalue weighted by Crippen LogP contribution is -2.09. The quantitative estimate of drug-likeness (QED) is 0.434. The maximum atomic E-state index is 11.0. The first kappa shape index (κ1) is 10.6. The van der Waals surface area contributed by atoms with Gasteiger partial charge in [0, 0.05) is 18.2 Å². The summed E-state index contributed by atoms with van der Waals surface area (Å²) in [7, 11) is 0. The number of rotatable bonds is 4. The van der Waals surface area contributed by atoms with E-state index < -0.39 is 0 Å². The molecule has 0 atom stereocenters. The first-order valence-electron chi connectivity index (χ1n) is 4.09. The molecule has 0 unspecified atom stereocenters. The zero-order valence-electron chi connectivity index (χ0n) is 7.49. The number of hydrogen-bond acceptors (Lipinski definition) is 5. The average molecular weight is 210 g/mol. The van der Waals surface area contributed by atoms with Crippen molar-refractivity contribution in [1.82, 2.24) is 9.97 Å². The Labute approximate surface area is 85.3 Å². The first-order valence-corrected chi connectivity index (χ1v) is 5.07. The van der Waals surface area contributed by atoms with Gasteiger partial charge in [0.15, 0.2) is 5.16 Å². The van der Waals surface area contributed by atoms with Crippen molar-refractivity contribution < 1.29 is 0 Å². The summed E-state index contributed by atoms with van der Waals surface area (Å²) in [4.78, 5) is 17.5. The molecule has 6 heteroatoms. The molecule has 1 heterocycles. The highest BCUT2D eigenvalue weighted by Crippen LogP contribution is 2.13. The van der Waals surface area contributed by atoms with Crippen LogP contribution in [0.5, 0.6) is 0 Å². The van der Waals surface area contributed by atoms with Crippen LogP contribution < -0.4 is 11.3 Å². The van der Waals surface area contributed by atoms with Crippen molar-refractivity contribution in [2.24, 2.45) is 0 Å². The van der Waals surface area contributed by atoms with Crippen molar-refractivity contribution in [2.75, 3.05) is 11.5 Å². The largest absolute Gasteiger partial charge is 0.383 e. The lowest BCUT2D eigenvalue weighted by atomic mass is 10.4. The average Bonchev–Trinajstić information content (AvgIpc) is 2.11. The van der Waals surface area contributed by atoms with Gasteiger partial charge in [-0.15, -0.1) is 0 Å². The Morgan fingerprint density at radius 3 is 3.14 bits per heavy atom. The summed E-state index contributed by atoms with van der Waals surface area (Å²) in [6, 6.07) is 3.28. The van der Waals surface area contributed by atoms with Crippen LogP contribution in [0.15, 0.2) is 16.0 Å². The Hall–Kier alpha value is -1.48. The number of aromatic amines is 1. The third-order valence-corrected chi connectivity index (χ3v) is 2.37. The molecule has 0 saturated carbocycles. The molecule has 0 fully saturated rings. The number of nitrogens with zero attached hydrogens (tertiary/aromatic N) is 2. The maximum absolute atomic E-state index is 11.0. The standard InChI is InChI=1S/C8H10N4OS/c9-3-1-2-4-14-8-11-6(10)5-7(13)12-8/h5H,1-2,4H2,(H3,10,11,12,13). The number of aromatic nitrogens is 2. The fourth-order valence-corrected chi connectivity index (χ4v) is 1.67. The molecule has 0 aromatic carbocycles. The molecule has 14 heavy (non-hydrogen) atoms. The SMILES string of the molecule is N#CCCCSc1nc(N)cc(=O)[nH]1. The monoisotopic (exact) mass is 210 g/mol. The summed E-state index contributed by atoms with van der Waals surface area (Å²) in [5, 5.41) is 8.81. The molecule has 0 radical (unpaired) electrons. The first-order chi connectivity index (χ1) is 6.72. The zero-order chi connectivity index (χ0) is 10.4. The van der Waals surface area contributed by atoms with Crippen LogP contribution in [0.3, 0.4) is 0 Å². The summed E-state index contributed by atoms with van der Waals surface area (Å²) in [5.41, 5.74) is 5.14. The van der Waals surface area contributed by atoms with E-state index in [1.54, 1.807) is 0 Å². The van der Waals surface area contributed by atoms with Gasteiger partial charge in [0.25, 0.3) is 5.56 Å². The highest BCUT2D eigenvalue weighted by atomic mass is 32.2. The van der Waals surface area contributed by atoms with Crippen LogP contribution >= 0.6 is 11.8 Å². The predicted octanol–water partition coefficient (Wildman–Crippen LogP) is 0.748. The molecule has 74 valence electrons. The number of nitrogen functional groups attached to an aromatic ring is 1.